The normalized spacial score (nSPS) is 13.7. The summed E-state index contributed by atoms with van der Waals surface area (Å²) in [4.78, 5) is 12.1. The van der Waals surface area contributed by atoms with Crippen molar-refractivity contribution in [3.05, 3.63) is 53.5 Å². The maximum Gasteiger partial charge on any atom is 0.237 e. The summed E-state index contributed by atoms with van der Waals surface area (Å²) < 4.78 is 5.47. The molecule has 1 aromatic heterocycles. The van der Waals surface area contributed by atoms with Gasteiger partial charge in [0.05, 0.1) is 12.1 Å². The zero-order chi connectivity index (χ0) is 15.4. The van der Waals surface area contributed by atoms with Gasteiger partial charge >= 0.3 is 0 Å². The van der Waals surface area contributed by atoms with Crippen molar-refractivity contribution in [2.75, 3.05) is 0 Å². The summed E-state index contributed by atoms with van der Waals surface area (Å²) in [5.41, 5.74) is 6.81. The summed E-state index contributed by atoms with van der Waals surface area (Å²) in [6.45, 7) is 3.71. The van der Waals surface area contributed by atoms with Gasteiger partial charge in [0.15, 0.2) is 0 Å². The van der Waals surface area contributed by atoms with Crippen LogP contribution in [0.4, 0.5) is 0 Å². The lowest BCUT2D eigenvalue weighted by Gasteiger charge is -2.16. The molecule has 5 heteroatoms. The van der Waals surface area contributed by atoms with Crippen LogP contribution in [0.2, 0.25) is 0 Å². The molecule has 1 unspecified atom stereocenters. The largest absolute Gasteiger partial charge is 0.508 e. The number of amides is 1. The molecule has 0 radical (unpaired) electrons. The van der Waals surface area contributed by atoms with Gasteiger partial charge in [-0.3, -0.25) is 4.79 Å². The van der Waals surface area contributed by atoms with E-state index in [0.29, 0.717) is 12.2 Å². The molecule has 0 aliphatic heterocycles. The van der Waals surface area contributed by atoms with E-state index < -0.39 is 6.04 Å². The number of carbonyl (C=O) groups excluding carboxylic acids is 1. The van der Waals surface area contributed by atoms with Crippen molar-refractivity contribution >= 4 is 5.91 Å². The number of furan rings is 1. The van der Waals surface area contributed by atoms with Crippen molar-refractivity contribution in [3.8, 4) is 5.75 Å². The molecule has 0 bridgehead atoms. The Labute approximate surface area is 123 Å². The number of aryl methyl sites for hydroxylation is 1. The van der Waals surface area contributed by atoms with E-state index in [-0.39, 0.29) is 17.7 Å². The molecule has 2 rings (SSSR count). The molecule has 0 fully saturated rings. The Balaban J connectivity index is 1.91. The molecule has 0 saturated heterocycles. The van der Waals surface area contributed by atoms with Gasteiger partial charge in [-0.25, -0.2) is 0 Å². The lowest BCUT2D eigenvalue weighted by atomic mass is 10.1. The van der Waals surface area contributed by atoms with E-state index >= 15 is 0 Å². The molecular formula is C16H20N2O3. The molecular weight excluding hydrogens is 268 g/mol. The minimum atomic E-state index is -0.645. The highest BCUT2D eigenvalue weighted by Gasteiger charge is 2.18. The fourth-order valence-electron chi connectivity index (χ4n) is 2.06. The number of aromatic hydroxyl groups is 1. The predicted octanol–water partition coefficient (Wildman–Crippen LogP) is 2.04. The molecule has 21 heavy (non-hydrogen) atoms. The lowest BCUT2D eigenvalue weighted by Crippen LogP contribution is -2.42. The summed E-state index contributed by atoms with van der Waals surface area (Å²) in [5, 5.41) is 12.1. The molecule has 4 N–H and O–H groups in total. The Bertz CT molecular complexity index is 604. The number of nitrogens with two attached hydrogens (primary N) is 1. The highest BCUT2D eigenvalue weighted by atomic mass is 16.3. The van der Waals surface area contributed by atoms with Crippen molar-refractivity contribution in [1.82, 2.24) is 5.32 Å². The standard InChI is InChI=1S/C16H20N2O3/c1-10-3-8-15(21-10)11(2)18-16(20)14(17)9-12-4-6-13(19)7-5-12/h3-8,11,14,19H,9,17H2,1-2H3,(H,18,20)/t11?,14-/m1/s1. The first-order chi connectivity index (χ1) is 9.95. The lowest BCUT2D eigenvalue weighted by molar-refractivity contribution is -0.123. The highest BCUT2D eigenvalue weighted by Crippen LogP contribution is 2.16. The molecule has 2 aromatic rings. The van der Waals surface area contributed by atoms with E-state index in [4.69, 9.17) is 10.2 Å². The molecule has 112 valence electrons. The van der Waals surface area contributed by atoms with E-state index in [0.717, 1.165) is 11.3 Å². The third-order valence-electron chi connectivity index (χ3n) is 3.28. The first-order valence-corrected chi connectivity index (χ1v) is 6.86. The second-order valence-electron chi connectivity index (χ2n) is 5.16. The third-order valence-corrected chi connectivity index (χ3v) is 3.28. The maximum atomic E-state index is 12.1. The van der Waals surface area contributed by atoms with Crippen LogP contribution >= 0.6 is 0 Å². The van der Waals surface area contributed by atoms with Crippen LogP contribution in [0.15, 0.2) is 40.8 Å². The highest BCUT2D eigenvalue weighted by molar-refractivity contribution is 5.82. The first kappa shape index (κ1) is 15.1. The average Bonchev–Trinajstić information content (AvgIpc) is 2.88. The predicted molar refractivity (Wildman–Crippen MR) is 79.8 cm³/mol. The molecule has 0 saturated carbocycles. The van der Waals surface area contributed by atoms with E-state index in [2.05, 4.69) is 5.32 Å². The number of hydrogen-bond donors (Lipinski definition) is 3. The van der Waals surface area contributed by atoms with Crippen LogP contribution in [0, 0.1) is 6.92 Å². The second kappa shape index (κ2) is 6.45. The number of carbonyl (C=O) groups is 1. The third kappa shape index (κ3) is 4.10. The number of phenolic OH excluding ortho intramolecular Hbond substituents is 1. The number of hydrogen-bond acceptors (Lipinski definition) is 4. The summed E-state index contributed by atoms with van der Waals surface area (Å²) in [7, 11) is 0. The Morgan fingerprint density at radius 2 is 1.95 bits per heavy atom. The second-order valence-corrected chi connectivity index (χ2v) is 5.16. The Morgan fingerprint density at radius 1 is 1.29 bits per heavy atom. The molecule has 0 aliphatic rings. The summed E-state index contributed by atoms with van der Waals surface area (Å²) >= 11 is 0. The van der Waals surface area contributed by atoms with Crippen LogP contribution in [-0.2, 0) is 11.2 Å². The quantitative estimate of drug-likeness (QED) is 0.785. The van der Waals surface area contributed by atoms with Gasteiger partial charge in [-0.1, -0.05) is 12.1 Å². The van der Waals surface area contributed by atoms with Crippen LogP contribution < -0.4 is 11.1 Å². The molecule has 0 aliphatic carbocycles. The monoisotopic (exact) mass is 288 g/mol. The molecule has 1 aromatic carbocycles. The number of nitrogens with one attached hydrogen (secondary N) is 1. The topological polar surface area (TPSA) is 88.5 Å². The van der Waals surface area contributed by atoms with Crippen LogP contribution in [-0.4, -0.2) is 17.1 Å². The Morgan fingerprint density at radius 3 is 2.52 bits per heavy atom. The number of rotatable bonds is 5. The summed E-state index contributed by atoms with van der Waals surface area (Å²) in [6.07, 6.45) is 0.413. The van der Waals surface area contributed by atoms with Crippen molar-refractivity contribution in [2.45, 2.75) is 32.4 Å². The fourth-order valence-corrected chi connectivity index (χ4v) is 2.06. The van der Waals surface area contributed by atoms with Crippen LogP contribution in [0.25, 0.3) is 0 Å². The first-order valence-electron chi connectivity index (χ1n) is 6.86. The zero-order valence-electron chi connectivity index (χ0n) is 12.2. The number of benzene rings is 1. The van der Waals surface area contributed by atoms with Gasteiger partial charge < -0.3 is 20.6 Å². The average molecular weight is 288 g/mol. The van der Waals surface area contributed by atoms with Gasteiger partial charge in [0.25, 0.3) is 0 Å². The number of phenols is 1. The van der Waals surface area contributed by atoms with Crippen LogP contribution in [0.5, 0.6) is 5.75 Å². The maximum absolute atomic E-state index is 12.1. The van der Waals surface area contributed by atoms with Gasteiger partial charge in [0.1, 0.15) is 17.3 Å². The molecule has 1 heterocycles. The van der Waals surface area contributed by atoms with E-state index in [1.165, 1.54) is 0 Å². The molecule has 2 atom stereocenters. The van der Waals surface area contributed by atoms with Crippen molar-refractivity contribution in [2.24, 2.45) is 5.73 Å². The van der Waals surface area contributed by atoms with Crippen LogP contribution in [0.1, 0.15) is 30.0 Å². The zero-order valence-corrected chi connectivity index (χ0v) is 12.2. The van der Waals surface area contributed by atoms with Crippen molar-refractivity contribution in [3.63, 3.8) is 0 Å². The summed E-state index contributed by atoms with van der Waals surface area (Å²) in [6, 6.07) is 9.48. The van der Waals surface area contributed by atoms with E-state index in [1.807, 2.05) is 26.0 Å². The van der Waals surface area contributed by atoms with Gasteiger partial charge in [-0.05, 0) is 50.1 Å². The summed E-state index contributed by atoms with van der Waals surface area (Å²) in [5.74, 6) is 1.47. The van der Waals surface area contributed by atoms with Crippen molar-refractivity contribution < 1.29 is 14.3 Å². The molecule has 0 spiro atoms. The minimum absolute atomic E-state index is 0.193. The van der Waals surface area contributed by atoms with Gasteiger partial charge in [-0.2, -0.15) is 0 Å². The SMILES string of the molecule is Cc1ccc(C(C)NC(=O)[C@H](N)Cc2ccc(O)cc2)o1. The van der Waals surface area contributed by atoms with Gasteiger partial charge in [0, 0.05) is 0 Å². The van der Waals surface area contributed by atoms with Gasteiger partial charge in [0.2, 0.25) is 5.91 Å². The van der Waals surface area contributed by atoms with Gasteiger partial charge in [-0.15, -0.1) is 0 Å². The fraction of sp³-hybridized carbons (Fsp3) is 0.312. The van der Waals surface area contributed by atoms with Crippen molar-refractivity contribution in [1.29, 1.82) is 0 Å². The van der Waals surface area contributed by atoms with E-state index in [1.54, 1.807) is 24.3 Å². The van der Waals surface area contributed by atoms with E-state index in [9.17, 15) is 9.90 Å². The molecule has 5 nitrogen and oxygen atoms in total. The van der Waals surface area contributed by atoms with Crippen LogP contribution in [0.3, 0.4) is 0 Å². The smallest absolute Gasteiger partial charge is 0.237 e. The molecule has 1 amide bonds. The Kier molecular flexibility index (Phi) is 4.65. The Hall–Kier alpha value is -2.27. The minimum Gasteiger partial charge on any atom is -0.508 e.